The normalized spacial score (nSPS) is 10.7. The number of ether oxygens (including phenoxy) is 1. The Balaban J connectivity index is 1.39. The number of benzene rings is 3. The molecule has 4 rings (SSSR count). The lowest BCUT2D eigenvalue weighted by Crippen LogP contribution is -2.32. The van der Waals surface area contributed by atoms with Gasteiger partial charge < -0.3 is 4.74 Å². The van der Waals surface area contributed by atoms with Crippen molar-refractivity contribution in [2.75, 3.05) is 5.32 Å². The van der Waals surface area contributed by atoms with E-state index in [0.717, 1.165) is 16.9 Å². The molecule has 3 aromatic carbocycles. The van der Waals surface area contributed by atoms with Gasteiger partial charge in [-0.05, 0) is 30.3 Å². The van der Waals surface area contributed by atoms with Gasteiger partial charge in [-0.3, -0.25) is 14.9 Å². The summed E-state index contributed by atoms with van der Waals surface area (Å²) in [5.41, 5.74) is 3.53. The molecule has 1 aromatic heterocycles. The Kier molecular flexibility index (Phi) is 8.16. The average molecular weight is 585 g/mol. The van der Waals surface area contributed by atoms with E-state index < -0.39 is 17.8 Å². The van der Waals surface area contributed by atoms with Crippen molar-refractivity contribution in [2.24, 2.45) is 5.10 Å². The molecule has 0 unspecified atom stereocenters. The lowest BCUT2D eigenvalue weighted by molar-refractivity contribution is -0.136. The predicted molar refractivity (Wildman–Crippen MR) is 140 cm³/mol. The van der Waals surface area contributed by atoms with E-state index >= 15 is 0 Å². The molecule has 0 fully saturated rings. The molecule has 1 heterocycles. The molecule has 0 saturated carbocycles. The topological polar surface area (TPSA) is 123 Å². The summed E-state index contributed by atoms with van der Waals surface area (Å²) >= 11 is 10.5. The van der Waals surface area contributed by atoms with Crippen LogP contribution in [0.2, 0.25) is 5.02 Å². The fraction of sp³-hybridized carbons (Fsp3) is 0. The molecule has 180 valence electrons. The lowest BCUT2D eigenvalue weighted by Gasteiger charge is -2.09. The number of esters is 1. The zero-order chi connectivity index (χ0) is 25.5. The van der Waals surface area contributed by atoms with Gasteiger partial charge in [0.1, 0.15) is 10.8 Å². The van der Waals surface area contributed by atoms with Crippen molar-refractivity contribution in [1.29, 1.82) is 0 Å². The first-order chi connectivity index (χ1) is 17.4. The largest absolute Gasteiger partial charge is 0.422 e. The van der Waals surface area contributed by atoms with Gasteiger partial charge in [0, 0.05) is 15.6 Å². The van der Waals surface area contributed by atoms with Crippen molar-refractivity contribution in [2.45, 2.75) is 0 Å². The highest BCUT2D eigenvalue weighted by Crippen LogP contribution is 2.26. The van der Waals surface area contributed by atoms with Gasteiger partial charge in [0.05, 0.1) is 16.8 Å². The third kappa shape index (κ3) is 6.39. The van der Waals surface area contributed by atoms with Crippen LogP contribution in [-0.2, 0) is 9.59 Å². The molecule has 0 bridgehead atoms. The van der Waals surface area contributed by atoms with Crippen molar-refractivity contribution in [1.82, 2.24) is 15.6 Å². The second-order valence-corrected chi connectivity index (χ2v) is 9.28. The van der Waals surface area contributed by atoms with E-state index in [1.165, 1.54) is 12.3 Å². The predicted octanol–water partition coefficient (Wildman–Crippen LogP) is 4.93. The van der Waals surface area contributed by atoms with Crippen molar-refractivity contribution in [3.8, 4) is 16.3 Å². The highest BCUT2D eigenvalue weighted by atomic mass is 79.9. The Morgan fingerprint density at radius 3 is 2.50 bits per heavy atom. The van der Waals surface area contributed by atoms with Gasteiger partial charge in [0.2, 0.25) is 5.13 Å². The molecule has 0 aliphatic carbocycles. The molecule has 0 spiro atoms. The van der Waals surface area contributed by atoms with Crippen LogP contribution in [0.3, 0.4) is 0 Å². The van der Waals surface area contributed by atoms with E-state index in [-0.39, 0.29) is 21.5 Å². The number of hydrogen-bond donors (Lipinski definition) is 2. The Hall–Kier alpha value is -3.93. The number of carbonyl (C=O) groups excluding carboxylic acids is 3. The second kappa shape index (κ2) is 11.7. The highest BCUT2D eigenvalue weighted by molar-refractivity contribution is 9.10. The molecule has 36 heavy (non-hydrogen) atoms. The summed E-state index contributed by atoms with van der Waals surface area (Å²) in [7, 11) is 0. The minimum absolute atomic E-state index is 0.166. The van der Waals surface area contributed by atoms with Crippen LogP contribution in [0.25, 0.3) is 10.6 Å². The molecular formula is C24H15BrClN5O4S. The van der Waals surface area contributed by atoms with Crippen molar-refractivity contribution in [3.05, 3.63) is 93.4 Å². The lowest BCUT2D eigenvalue weighted by atomic mass is 10.2. The van der Waals surface area contributed by atoms with Gasteiger partial charge >= 0.3 is 17.8 Å². The molecule has 2 amide bonds. The number of amides is 2. The fourth-order valence-corrected chi connectivity index (χ4v) is 4.17. The highest BCUT2D eigenvalue weighted by Gasteiger charge is 2.17. The molecule has 0 atom stereocenters. The third-order valence-electron chi connectivity index (χ3n) is 4.51. The Bertz CT molecular complexity index is 1460. The maximum absolute atomic E-state index is 12.5. The number of nitrogens with zero attached hydrogens (tertiary/aromatic N) is 3. The molecule has 12 heteroatoms. The number of hydrazone groups is 1. The molecule has 0 aliphatic heterocycles. The molecule has 2 N–H and O–H groups in total. The number of rotatable bonds is 6. The van der Waals surface area contributed by atoms with Gasteiger partial charge in [-0.25, -0.2) is 10.2 Å². The fourth-order valence-electron chi connectivity index (χ4n) is 2.83. The van der Waals surface area contributed by atoms with Crippen LogP contribution in [0.15, 0.2) is 82.4 Å². The number of hydrogen-bond acceptors (Lipinski definition) is 8. The minimum Gasteiger partial charge on any atom is -0.422 e. The van der Waals surface area contributed by atoms with E-state index in [0.29, 0.717) is 15.0 Å². The minimum atomic E-state index is -1.02. The first-order valence-electron chi connectivity index (χ1n) is 10.2. The molecular weight excluding hydrogens is 570 g/mol. The van der Waals surface area contributed by atoms with Crippen molar-refractivity contribution >= 4 is 68.0 Å². The second-order valence-electron chi connectivity index (χ2n) is 6.98. The molecule has 0 saturated heterocycles. The van der Waals surface area contributed by atoms with Crippen LogP contribution in [0.1, 0.15) is 15.9 Å². The monoisotopic (exact) mass is 583 g/mol. The van der Waals surface area contributed by atoms with Gasteiger partial charge in [-0.15, -0.1) is 10.2 Å². The number of nitrogens with one attached hydrogen (secondary N) is 2. The summed E-state index contributed by atoms with van der Waals surface area (Å²) in [5, 5.41) is 15.1. The summed E-state index contributed by atoms with van der Waals surface area (Å²) in [5.74, 6) is -2.48. The smallest absolute Gasteiger partial charge is 0.345 e. The molecule has 9 nitrogen and oxygen atoms in total. The van der Waals surface area contributed by atoms with Crippen molar-refractivity contribution < 1.29 is 19.1 Å². The van der Waals surface area contributed by atoms with Crippen molar-refractivity contribution in [3.63, 3.8) is 0 Å². The van der Waals surface area contributed by atoms with Gasteiger partial charge in [0.25, 0.3) is 0 Å². The van der Waals surface area contributed by atoms with Gasteiger partial charge in [0.15, 0.2) is 0 Å². The van der Waals surface area contributed by atoms with E-state index in [2.05, 4.69) is 42.0 Å². The number of aromatic nitrogens is 2. The maximum atomic E-state index is 12.5. The maximum Gasteiger partial charge on any atom is 0.345 e. The zero-order valence-corrected chi connectivity index (χ0v) is 21.3. The number of halogens is 2. The summed E-state index contributed by atoms with van der Waals surface area (Å²) in [6.45, 7) is 0. The summed E-state index contributed by atoms with van der Waals surface area (Å²) in [6.07, 6.45) is 1.24. The summed E-state index contributed by atoms with van der Waals surface area (Å²) < 4.78 is 6.13. The third-order valence-corrected chi connectivity index (χ3v) is 6.22. The molecule has 0 aliphatic rings. The SMILES string of the molecule is O=C(NN=Cc1cc(Br)ccc1OC(=O)c1ccccc1Cl)C(=O)Nc1nnc(-c2ccccc2)s1. The van der Waals surface area contributed by atoms with E-state index in [1.807, 2.05) is 30.3 Å². The summed E-state index contributed by atoms with van der Waals surface area (Å²) in [6, 6.07) is 20.6. The van der Waals surface area contributed by atoms with Gasteiger partial charge in [-0.2, -0.15) is 5.10 Å². The van der Waals surface area contributed by atoms with Gasteiger partial charge in [-0.1, -0.05) is 81.3 Å². The first-order valence-corrected chi connectivity index (χ1v) is 12.2. The summed E-state index contributed by atoms with van der Waals surface area (Å²) in [4.78, 5) is 36.9. The Morgan fingerprint density at radius 2 is 1.72 bits per heavy atom. The van der Waals surface area contributed by atoms with Crippen LogP contribution in [-0.4, -0.2) is 34.2 Å². The van der Waals surface area contributed by atoms with Crippen LogP contribution >= 0.6 is 38.9 Å². The zero-order valence-electron chi connectivity index (χ0n) is 18.1. The van der Waals surface area contributed by atoms with Crippen LogP contribution < -0.4 is 15.5 Å². The van der Waals surface area contributed by atoms with Crippen LogP contribution in [0, 0.1) is 0 Å². The van der Waals surface area contributed by atoms with Crippen LogP contribution in [0.5, 0.6) is 5.75 Å². The molecule has 4 aromatic rings. The van der Waals surface area contributed by atoms with E-state index in [1.54, 1.807) is 36.4 Å². The van der Waals surface area contributed by atoms with Crippen LogP contribution in [0.4, 0.5) is 5.13 Å². The van der Waals surface area contributed by atoms with E-state index in [4.69, 9.17) is 16.3 Å². The number of carbonyl (C=O) groups is 3. The Labute approximate surface area is 222 Å². The Morgan fingerprint density at radius 1 is 0.972 bits per heavy atom. The van der Waals surface area contributed by atoms with E-state index in [9.17, 15) is 14.4 Å². The standard InChI is InChI=1S/C24H15BrClN5O4S/c25-16-10-11-19(35-23(34)17-8-4-5-9-18(17)26)15(12-16)13-27-29-21(33)20(32)28-24-31-30-22(36-24)14-6-2-1-3-7-14/h1-13H,(H,29,33)(H,28,31,32). The first kappa shape index (κ1) is 25.2. The average Bonchev–Trinajstić information content (AvgIpc) is 3.34. The number of anilines is 1. The molecule has 0 radical (unpaired) electrons. The quantitative estimate of drug-likeness (QED) is 0.109.